The monoisotopic (exact) mass is 533 g/mol. The van der Waals surface area contributed by atoms with Crippen molar-refractivity contribution < 1.29 is 23.9 Å². The Bertz CT molecular complexity index is 1340. The number of benzene rings is 2. The largest absolute Gasteiger partial charge is 0.445 e. The Morgan fingerprint density at radius 3 is 2.56 bits per heavy atom. The van der Waals surface area contributed by atoms with Crippen molar-refractivity contribution in [1.29, 1.82) is 0 Å². The van der Waals surface area contributed by atoms with Gasteiger partial charge in [-0.25, -0.2) is 9.59 Å². The predicted molar refractivity (Wildman–Crippen MR) is 145 cm³/mol. The standard InChI is InChI=1S/C29H35N5O5/c1-29(2,3)39-28(37)33-13-11-21(12-14-33)34-17-23-20(9-10-24-22(23)16-30-32-24)15-25(26(34)35)31-27(36)38-18-19-7-5-4-6-8-19/h4-10,16,21,25H,11-15,17-18H2,1-3H3,(H,30,32)(H,31,36). The molecule has 1 fully saturated rings. The molecule has 2 aliphatic rings. The van der Waals surface area contributed by atoms with Crippen molar-refractivity contribution in [2.75, 3.05) is 13.1 Å². The summed E-state index contributed by atoms with van der Waals surface area (Å²) in [4.78, 5) is 42.8. The minimum absolute atomic E-state index is 0.0890. The Labute approximate surface area is 227 Å². The number of carbonyl (C=O) groups excluding carboxylic acids is 3. The molecule has 0 saturated carbocycles. The molecule has 39 heavy (non-hydrogen) atoms. The van der Waals surface area contributed by atoms with E-state index in [1.54, 1.807) is 11.1 Å². The maximum atomic E-state index is 13.9. The van der Waals surface area contributed by atoms with Crippen LogP contribution in [-0.4, -0.2) is 68.9 Å². The van der Waals surface area contributed by atoms with Gasteiger partial charge in [0.1, 0.15) is 18.2 Å². The molecule has 2 aliphatic heterocycles. The van der Waals surface area contributed by atoms with Gasteiger partial charge in [0.05, 0.1) is 11.7 Å². The zero-order chi connectivity index (χ0) is 27.6. The highest BCUT2D eigenvalue weighted by molar-refractivity contribution is 5.89. The average molecular weight is 534 g/mol. The quantitative estimate of drug-likeness (QED) is 0.521. The molecule has 3 heterocycles. The van der Waals surface area contributed by atoms with Gasteiger partial charge in [-0.05, 0) is 56.4 Å². The van der Waals surface area contributed by atoms with Crippen LogP contribution >= 0.6 is 0 Å². The van der Waals surface area contributed by atoms with E-state index < -0.39 is 17.7 Å². The lowest BCUT2D eigenvalue weighted by Crippen LogP contribution is -2.54. The molecular formula is C29H35N5O5. The number of fused-ring (bicyclic) bond motifs is 3. The van der Waals surface area contributed by atoms with E-state index in [0.717, 1.165) is 27.6 Å². The zero-order valence-electron chi connectivity index (χ0n) is 22.6. The molecule has 3 amide bonds. The van der Waals surface area contributed by atoms with Gasteiger partial charge in [-0.15, -0.1) is 0 Å². The van der Waals surface area contributed by atoms with E-state index in [9.17, 15) is 14.4 Å². The zero-order valence-corrected chi connectivity index (χ0v) is 22.6. The Hall–Kier alpha value is -4.08. The fourth-order valence-corrected chi connectivity index (χ4v) is 5.27. The Morgan fingerprint density at radius 1 is 1.10 bits per heavy atom. The number of piperidine rings is 1. The van der Waals surface area contributed by atoms with Crippen LogP contribution in [0.5, 0.6) is 0 Å². The van der Waals surface area contributed by atoms with Gasteiger partial charge in [0, 0.05) is 37.5 Å². The van der Waals surface area contributed by atoms with Gasteiger partial charge in [0.25, 0.3) is 0 Å². The fraction of sp³-hybridized carbons (Fsp3) is 0.448. The average Bonchev–Trinajstić information content (AvgIpc) is 3.34. The summed E-state index contributed by atoms with van der Waals surface area (Å²) in [5.41, 5.74) is 3.20. The van der Waals surface area contributed by atoms with Gasteiger partial charge in [0.2, 0.25) is 5.91 Å². The van der Waals surface area contributed by atoms with Crippen LogP contribution < -0.4 is 5.32 Å². The lowest BCUT2D eigenvalue weighted by atomic mass is 9.98. The van der Waals surface area contributed by atoms with Crippen LogP contribution in [0.3, 0.4) is 0 Å². The molecule has 1 unspecified atom stereocenters. The number of amides is 3. The molecule has 0 bridgehead atoms. The molecule has 3 aromatic rings. The number of hydrogen-bond donors (Lipinski definition) is 2. The minimum Gasteiger partial charge on any atom is -0.445 e. The molecule has 206 valence electrons. The summed E-state index contributed by atoms with van der Waals surface area (Å²) in [7, 11) is 0. The van der Waals surface area contributed by atoms with E-state index in [4.69, 9.17) is 9.47 Å². The number of aromatic amines is 1. The first kappa shape index (κ1) is 26.5. The van der Waals surface area contributed by atoms with Crippen LogP contribution in [0, 0.1) is 0 Å². The number of aromatic nitrogens is 2. The van der Waals surface area contributed by atoms with Crippen LogP contribution in [0.2, 0.25) is 0 Å². The van der Waals surface area contributed by atoms with Gasteiger partial charge in [0.15, 0.2) is 0 Å². The molecule has 2 aromatic carbocycles. The number of hydrogen-bond acceptors (Lipinski definition) is 6. The third kappa shape index (κ3) is 6.16. The second-order valence-corrected chi connectivity index (χ2v) is 11.2. The van der Waals surface area contributed by atoms with Gasteiger partial charge in [-0.1, -0.05) is 36.4 Å². The molecule has 1 saturated heterocycles. The number of nitrogens with zero attached hydrogens (tertiary/aromatic N) is 3. The van der Waals surface area contributed by atoms with Crippen LogP contribution in [0.25, 0.3) is 10.9 Å². The van der Waals surface area contributed by atoms with Crippen molar-refractivity contribution in [3.8, 4) is 0 Å². The molecule has 1 aromatic heterocycles. The van der Waals surface area contributed by atoms with Crippen molar-refractivity contribution in [2.45, 2.75) is 70.9 Å². The smallest absolute Gasteiger partial charge is 0.410 e. The molecule has 2 N–H and O–H groups in total. The number of alkyl carbamates (subject to hydrolysis) is 1. The van der Waals surface area contributed by atoms with Crippen molar-refractivity contribution >= 4 is 29.0 Å². The Kier molecular flexibility index (Phi) is 7.45. The Morgan fingerprint density at radius 2 is 1.85 bits per heavy atom. The van der Waals surface area contributed by atoms with Crippen LogP contribution in [0.15, 0.2) is 48.7 Å². The van der Waals surface area contributed by atoms with Crippen LogP contribution in [0.1, 0.15) is 50.3 Å². The lowest BCUT2D eigenvalue weighted by molar-refractivity contribution is -0.137. The molecule has 10 heteroatoms. The van der Waals surface area contributed by atoms with Crippen LogP contribution in [0.4, 0.5) is 9.59 Å². The second kappa shape index (κ2) is 11.0. The third-order valence-corrected chi connectivity index (χ3v) is 7.23. The lowest BCUT2D eigenvalue weighted by Gasteiger charge is -2.39. The van der Waals surface area contributed by atoms with Crippen LogP contribution in [-0.2, 0) is 33.8 Å². The molecule has 0 radical (unpaired) electrons. The van der Waals surface area contributed by atoms with E-state index >= 15 is 0 Å². The van der Waals surface area contributed by atoms with E-state index in [1.165, 1.54) is 0 Å². The topological polar surface area (TPSA) is 117 Å². The summed E-state index contributed by atoms with van der Waals surface area (Å²) in [6.07, 6.45) is 2.39. The SMILES string of the molecule is CC(C)(C)OC(=O)N1CCC(N2Cc3c(ccc4[nH]ncc34)CC(NC(=O)OCc3ccccc3)C2=O)CC1. The summed E-state index contributed by atoms with van der Waals surface area (Å²) in [5.74, 6) is -0.157. The minimum atomic E-state index is -0.775. The summed E-state index contributed by atoms with van der Waals surface area (Å²) in [6.45, 7) is 7.04. The van der Waals surface area contributed by atoms with Crippen molar-refractivity contribution in [2.24, 2.45) is 0 Å². The predicted octanol–water partition coefficient (Wildman–Crippen LogP) is 4.14. The maximum Gasteiger partial charge on any atom is 0.410 e. The van der Waals surface area contributed by atoms with Gasteiger partial charge >= 0.3 is 12.2 Å². The number of H-pyrrole nitrogens is 1. The first-order chi connectivity index (χ1) is 18.7. The molecular weight excluding hydrogens is 498 g/mol. The summed E-state index contributed by atoms with van der Waals surface area (Å²) in [5, 5.41) is 11.0. The normalized spacial score (nSPS) is 18.4. The first-order valence-electron chi connectivity index (χ1n) is 13.4. The summed E-state index contributed by atoms with van der Waals surface area (Å²) in [6, 6.07) is 12.5. The van der Waals surface area contributed by atoms with Gasteiger partial charge < -0.3 is 24.6 Å². The van der Waals surface area contributed by atoms with E-state index in [0.29, 0.717) is 38.9 Å². The molecule has 10 nitrogen and oxygen atoms in total. The fourth-order valence-electron chi connectivity index (χ4n) is 5.27. The van der Waals surface area contributed by atoms with E-state index in [1.807, 2.05) is 68.1 Å². The molecule has 0 spiro atoms. The van der Waals surface area contributed by atoms with Crippen molar-refractivity contribution in [1.82, 2.24) is 25.3 Å². The molecule has 5 rings (SSSR count). The van der Waals surface area contributed by atoms with Crippen molar-refractivity contribution in [3.63, 3.8) is 0 Å². The second-order valence-electron chi connectivity index (χ2n) is 11.2. The highest BCUT2D eigenvalue weighted by Crippen LogP contribution is 2.30. The number of nitrogens with one attached hydrogen (secondary N) is 2. The van der Waals surface area contributed by atoms with E-state index in [2.05, 4.69) is 15.5 Å². The third-order valence-electron chi connectivity index (χ3n) is 7.23. The van der Waals surface area contributed by atoms with E-state index in [-0.39, 0.29) is 24.6 Å². The molecule has 1 atom stereocenters. The summed E-state index contributed by atoms with van der Waals surface area (Å²) >= 11 is 0. The van der Waals surface area contributed by atoms with Gasteiger partial charge in [-0.3, -0.25) is 9.89 Å². The highest BCUT2D eigenvalue weighted by Gasteiger charge is 2.38. The number of carbonyl (C=O) groups is 3. The highest BCUT2D eigenvalue weighted by atomic mass is 16.6. The van der Waals surface area contributed by atoms with Crippen molar-refractivity contribution in [3.05, 3.63) is 65.4 Å². The van der Waals surface area contributed by atoms with Gasteiger partial charge in [-0.2, -0.15) is 5.10 Å². The summed E-state index contributed by atoms with van der Waals surface area (Å²) < 4.78 is 11.0. The maximum absolute atomic E-state index is 13.9. The first-order valence-corrected chi connectivity index (χ1v) is 13.4. The molecule has 0 aliphatic carbocycles. The number of likely N-dealkylation sites (tertiary alicyclic amines) is 1. The number of ether oxygens (including phenoxy) is 2. The Balaban J connectivity index is 1.33. The number of rotatable bonds is 4.